The largest absolute Gasteiger partial charge is 0.469 e. The second-order valence-electron chi connectivity index (χ2n) is 35.3. The summed E-state index contributed by atoms with van der Waals surface area (Å²) in [5.74, 6) is 1.05. The highest BCUT2D eigenvalue weighted by Gasteiger charge is 2.35. The first-order valence-corrected chi connectivity index (χ1v) is 47.3. The number of nitrogens with two attached hydrogens (primary N) is 1. The maximum absolute atomic E-state index is 11.7. The van der Waals surface area contributed by atoms with Crippen LogP contribution in [0.15, 0.2) is 106 Å². The molecule has 116 heavy (non-hydrogen) atoms. The molecule has 0 saturated heterocycles. The van der Waals surface area contributed by atoms with E-state index in [0.717, 1.165) is 152 Å². The summed E-state index contributed by atoms with van der Waals surface area (Å²) in [4.78, 5) is 85.7. The topological polar surface area (TPSA) is 215 Å². The minimum absolute atomic E-state index is 0.0903. The molecule has 5 fully saturated rings. The van der Waals surface area contributed by atoms with Crippen molar-refractivity contribution in [3.8, 4) is 0 Å². The molecule has 15 heteroatoms. The van der Waals surface area contributed by atoms with Gasteiger partial charge in [0.05, 0.1) is 28.4 Å². The predicted molar refractivity (Wildman–Crippen MR) is 486 cm³/mol. The molecule has 11 aliphatic rings. The highest BCUT2D eigenvalue weighted by molar-refractivity contribution is 5.89. The Bertz CT molecular complexity index is 2860. The van der Waals surface area contributed by atoms with Gasteiger partial charge in [0.15, 0.2) is 0 Å². The van der Waals surface area contributed by atoms with Crippen molar-refractivity contribution < 1.29 is 47.7 Å². The first-order valence-electron chi connectivity index (χ1n) is 47.3. The molecule has 5 saturated carbocycles. The van der Waals surface area contributed by atoms with Crippen molar-refractivity contribution in [1.29, 1.82) is 0 Å². The lowest BCUT2D eigenvalue weighted by Gasteiger charge is -2.36. The summed E-state index contributed by atoms with van der Waals surface area (Å²) < 4.78 is 18.5. The van der Waals surface area contributed by atoms with Gasteiger partial charge >= 0.3 is 23.9 Å². The van der Waals surface area contributed by atoms with Gasteiger partial charge in [0.1, 0.15) is 12.6 Å². The third-order valence-corrected chi connectivity index (χ3v) is 26.1. The molecule has 0 aliphatic heterocycles. The van der Waals surface area contributed by atoms with Crippen molar-refractivity contribution in [1.82, 2.24) is 0 Å². The Morgan fingerprint density at radius 1 is 0.362 bits per heavy atom. The number of allylic oxidation sites excluding steroid dienone is 12. The van der Waals surface area contributed by atoms with Gasteiger partial charge in [-0.15, -0.1) is 0 Å². The molecule has 2 N–H and O–H groups in total. The molecule has 11 rings (SSSR count). The lowest BCUT2D eigenvalue weighted by molar-refractivity contribution is -0.142. The molecule has 0 aromatic rings. The van der Waals surface area contributed by atoms with Crippen LogP contribution >= 0.6 is 0 Å². The number of ether oxygens (including phenoxy) is 4. The molecule has 6 unspecified atom stereocenters. The Balaban J connectivity index is 0.000000287. The van der Waals surface area contributed by atoms with Gasteiger partial charge in [-0.2, -0.15) is 0 Å². The Hall–Kier alpha value is -5.96. The predicted octanol–water partition coefficient (Wildman–Crippen LogP) is 25.7. The normalized spacial score (nSPS) is 28.1. The smallest absolute Gasteiger partial charge is 0.329 e. The first kappa shape index (κ1) is 102. The van der Waals surface area contributed by atoms with Crippen molar-refractivity contribution in [2.45, 2.75) is 429 Å². The Morgan fingerprint density at radius 2 is 0.707 bits per heavy atom. The van der Waals surface area contributed by atoms with Gasteiger partial charge in [0.25, 0.3) is 0 Å². The van der Waals surface area contributed by atoms with E-state index in [0.29, 0.717) is 61.8 Å². The minimum atomic E-state index is -0.394. The van der Waals surface area contributed by atoms with E-state index < -0.39 is 5.97 Å². The first-order chi connectivity index (χ1) is 56.7. The van der Waals surface area contributed by atoms with Crippen LogP contribution in [0.4, 0.5) is 0 Å². The summed E-state index contributed by atoms with van der Waals surface area (Å²) in [7, 11) is 5.66. The van der Waals surface area contributed by atoms with E-state index in [1.54, 1.807) is 0 Å². The van der Waals surface area contributed by atoms with Crippen molar-refractivity contribution in [3.05, 3.63) is 85.6 Å². The zero-order valence-electron chi connectivity index (χ0n) is 74.3. The van der Waals surface area contributed by atoms with Crippen molar-refractivity contribution in [2.24, 2.45) is 59.7 Å². The van der Waals surface area contributed by atoms with Crippen molar-refractivity contribution in [2.75, 3.05) is 28.4 Å². The van der Waals surface area contributed by atoms with Crippen molar-refractivity contribution in [3.63, 3.8) is 0 Å². The van der Waals surface area contributed by atoms with E-state index >= 15 is 0 Å². The lowest BCUT2D eigenvalue weighted by atomic mass is 9.70. The van der Waals surface area contributed by atoms with Crippen molar-refractivity contribution >= 4 is 60.8 Å². The van der Waals surface area contributed by atoms with Crippen LogP contribution in [-0.2, 0) is 47.7 Å². The number of aliphatic imine (C=N–C) groups is 4. The summed E-state index contributed by atoms with van der Waals surface area (Å²) in [6, 6.07) is 2.89. The van der Waals surface area contributed by atoms with Gasteiger partial charge in [-0.1, -0.05) is 176 Å². The van der Waals surface area contributed by atoms with Gasteiger partial charge in [-0.25, -0.2) is 4.79 Å². The minimum Gasteiger partial charge on any atom is -0.469 e. The van der Waals surface area contributed by atoms with Crippen LogP contribution in [0.1, 0.15) is 399 Å². The maximum atomic E-state index is 11.7. The third-order valence-electron chi connectivity index (χ3n) is 26.1. The van der Waals surface area contributed by atoms with Gasteiger partial charge in [-0.05, 0) is 295 Å². The summed E-state index contributed by atoms with van der Waals surface area (Å²) in [6.45, 7) is 5.38. The molecule has 0 bridgehead atoms. The number of nitrogens with zero attached hydrogens (tertiary/aromatic N) is 4. The number of rotatable bonds is 20. The molecule has 0 amide bonds. The average Bonchev–Trinajstić information content (AvgIpc) is 0.747. The van der Waals surface area contributed by atoms with Crippen LogP contribution in [0.5, 0.6) is 0 Å². The summed E-state index contributed by atoms with van der Waals surface area (Å²) in [6.07, 6.45) is 109. The van der Waals surface area contributed by atoms with Crippen LogP contribution in [0.2, 0.25) is 0 Å². The van der Waals surface area contributed by atoms with E-state index in [9.17, 15) is 28.8 Å². The van der Waals surface area contributed by atoms with E-state index in [1.165, 1.54) is 278 Å². The number of aldehydes is 2. The fourth-order valence-electron chi connectivity index (χ4n) is 18.2. The quantitative estimate of drug-likeness (QED) is 0.0302. The zero-order chi connectivity index (χ0) is 83.5. The lowest BCUT2D eigenvalue weighted by Crippen LogP contribution is -2.32. The van der Waals surface area contributed by atoms with Crippen LogP contribution in [0.25, 0.3) is 0 Å². The SMILES string of the molecule is C(=NC1CCCCC1)C1CC/C=C\CCC1.C(=NC1CCCCC1)C1CC/C=C\CCC1.C=CC(=O)OC.COC(=O)CCC1(C(C)=NC2CCCCC2)CC/C=C\CCC1.COC(=O)CCC1(C=NC2CCCCC2)CC/C=C\CCC1.COC(=O)CCC1(C=O)CC/C=C\CCC1.NC1CCCCC1.O=CC1CC/C=C\CCC1. The Morgan fingerprint density at radius 3 is 1.10 bits per heavy atom. The molecular weight excluding hydrogens is 1440 g/mol. The molecule has 0 aromatic carbocycles. The molecule has 656 valence electrons. The van der Waals surface area contributed by atoms with Crippen LogP contribution in [0.3, 0.4) is 0 Å². The number of hydrogen-bond donors (Lipinski definition) is 1. The highest BCUT2D eigenvalue weighted by atomic mass is 16.5. The van der Waals surface area contributed by atoms with Crippen LogP contribution in [0, 0.1) is 34.0 Å². The number of methoxy groups -OCH3 is 4. The van der Waals surface area contributed by atoms with Crippen LogP contribution < -0.4 is 5.73 Å². The number of hydrogen-bond acceptors (Lipinski definition) is 15. The number of carbonyl (C=O) groups excluding carboxylic acids is 6. The molecule has 6 atom stereocenters. The fraction of sp³-hybridized carbons (Fsp3) is 0.762. The van der Waals surface area contributed by atoms with E-state index in [-0.39, 0.29) is 34.2 Å². The van der Waals surface area contributed by atoms with E-state index in [2.05, 4.69) is 115 Å². The fourth-order valence-corrected chi connectivity index (χ4v) is 18.2. The molecule has 0 spiro atoms. The average molecular weight is 1610 g/mol. The highest BCUT2D eigenvalue weighted by Crippen LogP contribution is 2.41. The monoisotopic (exact) mass is 1610 g/mol. The van der Waals surface area contributed by atoms with Gasteiger partial charge in [-0.3, -0.25) is 34.4 Å². The Kier molecular flexibility index (Phi) is 59.0. The third kappa shape index (κ3) is 48.9. The number of esters is 4. The van der Waals surface area contributed by atoms with Gasteiger partial charge in [0.2, 0.25) is 0 Å². The summed E-state index contributed by atoms with van der Waals surface area (Å²) >= 11 is 0. The molecule has 15 nitrogen and oxygen atoms in total. The molecule has 0 heterocycles. The van der Waals surface area contributed by atoms with Gasteiger partial charge in [0, 0.05) is 102 Å². The summed E-state index contributed by atoms with van der Waals surface area (Å²) in [5, 5.41) is 0. The molecule has 0 aromatic heterocycles. The zero-order valence-corrected chi connectivity index (χ0v) is 74.3. The van der Waals surface area contributed by atoms with E-state index in [4.69, 9.17) is 35.2 Å². The molecular formula is C101H167N5O10. The second-order valence-corrected chi connectivity index (χ2v) is 35.3. The Labute approximate surface area is 707 Å². The molecule has 11 aliphatic carbocycles. The second kappa shape index (κ2) is 66.8. The van der Waals surface area contributed by atoms with E-state index in [1.807, 2.05) is 0 Å². The number of carbonyl (C=O) groups is 6. The summed E-state index contributed by atoms with van der Waals surface area (Å²) in [5.41, 5.74) is 6.81. The van der Waals surface area contributed by atoms with Crippen LogP contribution in [-0.4, -0.2) is 119 Å². The maximum Gasteiger partial charge on any atom is 0.329 e. The molecule has 0 radical (unpaired) electrons. The van der Waals surface area contributed by atoms with Gasteiger partial charge < -0.3 is 34.3 Å². The standard InChI is InChI=1S/C20H33NO2.C19H31NO2.2C15H25N.C13H20O3.C9H14O.C6H13N.C4H6O2/c1-17(21-18-11-7-6-8-12-18)20(16-13-19(22)23-2)14-9-4-3-5-10-15-20;1-22-18(21)12-15-19(13-8-3-2-4-9-14-19)16-20-17-10-6-5-7-11-17;2*1-2-5-9-14(10-6-3-1)13-16-15-11-7-4-8-12-15;1-16-12(15)7-10-13(11-14)8-5-3-2-4-6-9-13;10-8-9-6-4-2-1-3-5-7-9;7-6-4-2-1-3-5-6;1-3-4(5)6-2/h3-4,18H,5-16H2,1-2H3;2-3,16-17H,4-15H2,1H3;2*1-2,13-15H,3-12H2;2-3,11H,4-10H2,1H3;1-2,8-9H,3-7H2;6H,1-5,7H2;3H,1H2,2H3/b4-3-,21-17?;3-2-,20-16?;2*2-1-,16-13?;3-2-;2-1-;;.